The highest BCUT2D eigenvalue weighted by atomic mass is 16.5. The number of carboxylic acids is 1. The number of carbonyl (C=O) groups excluding carboxylic acids is 1. The second-order valence-electron chi connectivity index (χ2n) is 8.05. The molecule has 1 saturated heterocycles. The van der Waals surface area contributed by atoms with E-state index in [0.29, 0.717) is 30.4 Å². The largest absolute Gasteiger partial charge is 0.481 e. The molecule has 8 nitrogen and oxygen atoms in total. The molecular formula is C20H24N4O4. The lowest BCUT2D eigenvalue weighted by Crippen LogP contribution is -2.38. The molecule has 2 N–H and O–H groups in total. The zero-order chi connectivity index (χ0) is 19.9. The standard InChI is InChI=1S/C20H24N4O4/c1-12(2)16-22-17(28-23-16)13-5-7-15(8-6-13)21-19(27)24-10-14-4-3-9-20(14,11-24)18(25)26/h5-8,12,14H,3-4,9-11H2,1-2H3,(H,21,27)(H,25,26)/t14-,20+/m0/s1. The first-order chi connectivity index (χ1) is 13.4. The van der Waals surface area contributed by atoms with E-state index in [4.69, 9.17) is 4.52 Å². The molecule has 1 saturated carbocycles. The molecule has 2 atom stereocenters. The fourth-order valence-electron chi connectivity index (χ4n) is 4.28. The number of benzene rings is 1. The van der Waals surface area contributed by atoms with Crippen LogP contribution in [-0.2, 0) is 4.79 Å². The van der Waals surface area contributed by atoms with Gasteiger partial charge in [0.25, 0.3) is 5.89 Å². The van der Waals surface area contributed by atoms with E-state index in [1.807, 2.05) is 26.0 Å². The Bertz CT molecular complexity index is 892. The summed E-state index contributed by atoms with van der Waals surface area (Å²) in [7, 11) is 0. The number of aromatic nitrogens is 2. The van der Waals surface area contributed by atoms with Gasteiger partial charge < -0.3 is 19.8 Å². The average molecular weight is 384 g/mol. The number of urea groups is 1. The molecule has 2 heterocycles. The summed E-state index contributed by atoms with van der Waals surface area (Å²) in [5.74, 6) is 0.544. The monoisotopic (exact) mass is 384 g/mol. The van der Waals surface area contributed by atoms with E-state index in [-0.39, 0.29) is 24.4 Å². The maximum atomic E-state index is 12.6. The number of fused-ring (bicyclic) bond motifs is 1. The number of likely N-dealkylation sites (tertiary alicyclic amines) is 1. The molecule has 2 aliphatic rings. The molecule has 1 aromatic heterocycles. The number of hydrogen-bond donors (Lipinski definition) is 2. The first kappa shape index (κ1) is 18.5. The molecule has 0 unspecified atom stereocenters. The van der Waals surface area contributed by atoms with Crippen molar-refractivity contribution >= 4 is 17.7 Å². The normalized spacial score (nSPS) is 23.8. The molecule has 1 aliphatic carbocycles. The third-order valence-corrected chi connectivity index (χ3v) is 5.93. The maximum Gasteiger partial charge on any atom is 0.321 e. The van der Waals surface area contributed by atoms with Crippen LogP contribution in [-0.4, -0.2) is 45.2 Å². The van der Waals surface area contributed by atoms with Crippen molar-refractivity contribution in [3.05, 3.63) is 30.1 Å². The van der Waals surface area contributed by atoms with Crippen molar-refractivity contribution in [2.45, 2.75) is 39.0 Å². The molecule has 2 amide bonds. The molecule has 4 rings (SSSR count). The number of nitrogens with one attached hydrogen (secondary N) is 1. The van der Waals surface area contributed by atoms with Gasteiger partial charge in [-0.05, 0) is 43.0 Å². The summed E-state index contributed by atoms with van der Waals surface area (Å²) in [5.41, 5.74) is 0.643. The van der Waals surface area contributed by atoms with E-state index >= 15 is 0 Å². The van der Waals surface area contributed by atoms with Crippen molar-refractivity contribution in [2.24, 2.45) is 11.3 Å². The van der Waals surface area contributed by atoms with Crippen LogP contribution in [0.2, 0.25) is 0 Å². The smallest absolute Gasteiger partial charge is 0.321 e. The third kappa shape index (κ3) is 3.12. The average Bonchev–Trinajstić information content (AvgIpc) is 3.36. The summed E-state index contributed by atoms with van der Waals surface area (Å²) in [6, 6.07) is 6.91. The molecule has 0 bridgehead atoms. The number of rotatable bonds is 4. The Labute approximate surface area is 162 Å². The minimum Gasteiger partial charge on any atom is -0.481 e. The summed E-state index contributed by atoms with van der Waals surface area (Å²) in [4.78, 5) is 30.4. The maximum absolute atomic E-state index is 12.6. The topological polar surface area (TPSA) is 109 Å². The number of carboxylic acid groups (broad SMARTS) is 1. The Morgan fingerprint density at radius 3 is 2.68 bits per heavy atom. The van der Waals surface area contributed by atoms with Gasteiger partial charge in [-0.15, -0.1) is 0 Å². The molecule has 0 radical (unpaired) electrons. The van der Waals surface area contributed by atoms with Crippen molar-refractivity contribution in [1.29, 1.82) is 0 Å². The number of hydrogen-bond acceptors (Lipinski definition) is 5. The number of anilines is 1. The van der Waals surface area contributed by atoms with Gasteiger partial charge in [0.2, 0.25) is 0 Å². The fraction of sp³-hybridized carbons (Fsp3) is 0.500. The quantitative estimate of drug-likeness (QED) is 0.834. The summed E-state index contributed by atoms with van der Waals surface area (Å²) in [6.45, 7) is 4.76. The zero-order valence-corrected chi connectivity index (χ0v) is 16.0. The summed E-state index contributed by atoms with van der Waals surface area (Å²) in [5, 5.41) is 16.5. The van der Waals surface area contributed by atoms with Gasteiger partial charge in [-0.3, -0.25) is 4.79 Å². The predicted octanol–water partition coefficient (Wildman–Crippen LogP) is 3.58. The molecule has 0 spiro atoms. The van der Waals surface area contributed by atoms with Gasteiger partial charge in [-0.25, -0.2) is 4.79 Å². The zero-order valence-electron chi connectivity index (χ0n) is 16.0. The number of aliphatic carboxylic acids is 1. The van der Waals surface area contributed by atoms with Crippen molar-refractivity contribution in [2.75, 3.05) is 18.4 Å². The SMILES string of the molecule is CC(C)c1noc(-c2ccc(NC(=O)N3C[C@@H]4CCC[C@@]4(C(=O)O)C3)cc2)n1. The van der Waals surface area contributed by atoms with Crippen molar-refractivity contribution < 1.29 is 19.2 Å². The van der Waals surface area contributed by atoms with Crippen LogP contribution in [0.1, 0.15) is 44.9 Å². The van der Waals surface area contributed by atoms with Crippen molar-refractivity contribution in [3.63, 3.8) is 0 Å². The van der Waals surface area contributed by atoms with Crippen LogP contribution in [0, 0.1) is 11.3 Å². The summed E-state index contributed by atoms with van der Waals surface area (Å²) >= 11 is 0. The van der Waals surface area contributed by atoms with Crippen LogP contribution in [0.4, 0.5) is 10.5 Å². The van der Waals surface area contributed by atoms with Crippen LogP contribution in [0.5, 0.6) is 0 Å². The van der Waals surface area contributed by atoms with Crippen LogP contribution in [0.3, 0.4) is 0 Å². The molecule has 148 valence electrons. The first-order valence-corrected chi connectivity index (χ1v) is 9.62. The second-order valence-corrected chi connectivity index (χ2v) is 8.05. The van der Waals surface area contributed by atoms with Gasteiger partial charge in [0, 0.05) is 30.3 Å². The molecule has 28 heavy (non-hydrogen) atoms. The predicted molar refractivity (Wildman–Crippen MR) is 102 cm³/mol. The highest BCUT2D eigenvalue weighted by Crippen LogP contribution is 2.48. The van der Waals surface area contributed by atoms with Crippen molar-refractivity contribution in [3.8, 4) is 11.5 Å². The molecule has 2 aromatic rings. The van der Waals surface area contributed by atoms with Gasteiger partial charge in [0.1, 0.15) is 0 Å². The molecule has 1 aromatic carbocycles. The van der Waals surface area contributed by atoms with Crippen LogP contribution < -0.4 is 5.32 Å². The van der Waals surface area contributed by atoms with Gasteiger partial charge in [-0.1, -0.05) is 25.4 Å². The highest BCUT2D eigenvalue weighted by Gasteiger charge is 2.55. The first-order valence-electron chi connectivity index (χ1n) is 9.62. The van der Waals surface area contributed by atoms with E-state index in [9.17, 15) is 14.7 Å². The number of nitrogens with zero attached hydrogens (tertiary/aromatic N) is 3. The van der Waals surface area contributed by atoms with Gasteiger partial charge in [-0.2, -0.15) is 4.98 Å². The Morgan fingerprint density at radius 2 is 2.07 bits per heavy atom. The van der Waals surface area contributed by atoms with Gasteiger partial charge >= 0.3 is 12.0 Å². The second kappa shape index (κ2) is 6.92. The lowest BCUT2D eigenvalue weighted by atomic mass is 9.81. The highest BCUT2D eigenvalue weighted by molar-refractivity contribution is 5.91. The number of amides is 2. The minimum absolute atomic E-state index is 0.0470. The Kier molecular flexibility index (Phi) is 4.56. The van der Waals surface area contributed by atoms with E-state index in [1.54, 1.807) is 17.0 Å². The lowest BCUT2D eigenvalue weighted by molar-refractivity contribution is -0.149. The summed E-state index contributed by atoms with van der Waals surface area (Å²) in [6.07, 6.45) is 2.43. The van der Waals surface area contributed by atoms with E-state index in [1.165, 1.54) is 0 Å². The Hall–Kier alpha value is -2.90. The van der Waals surface area contributed by atoms with Crippen LogP contribution in [0.25, 0.3) is 11.5 Å². The van der Waals surface area contributed by atoms with Crippen molar-refractivity contribution in [1.82, 2.24) is 15.0 Å². The Morgan fingerprint density at radius 1 is 1.32 bits per heavy atom. The third-order valence-electron chi connectivity index (χ3n) is 5.93. The molecular weight excluding hydrogens is 360 g/mol. The minimum atomic E-state index is -0.782. The van der Waals surface area contributed by atoms with E-state index in [0.717, 1.165) is 18.4 Å². The summed E-state index contributed by atoms with van der Waals surface area (Å²) < 4.78 is 5.28. The molecule has 1 aliphatic heterocycles. The number of carbonyl (C=O) groups is 2. The van der Waals surface area contributed by atoms with E-state index < -0.39 is 11.4 Å². The van der Waals surface area contributed by atoms with Crippen LogP contribution in [0.15, 0.2) is 28.8 Å². The molecule has 8 heteroatoms. The Balaban J connectivity index is 1.42. The lowest BCUT2D eigenvalue weighted by Gasteiger charge is -2.23. The van der Waals surface area contributed by atoms with Gasteiger partial charge in [0.05, 0.1) is 5.41 Å². The molecule has 2 fully saturated rings. The van der Waals surface area contributed by atoms with Crippen LogP contribution >= 0.6 is 0 Å². The van der Waals surface area contributed by atoms with E-state index in [2.05, 4.69) is 15.5 Å². The fourth-order valence-corrected chi connectivity index (χ4v) is 4.28. The van der Waals surface area contributed by atoms with Gasteiger partial charge in [0.15, 0.2) is 5.82 Å².